The Morgan fingerprint density at radius 2 is 2.33 bits per heavy atom. The van der Waals surface area contributed by atoms with Gasteiger partial charge >= 0.3 is 0 Å². The van der Waals surface area contributed by atoms with Crippen LogP contribution >= 0.6 is 34.2 Å². The molecule has 0 spiro atoms. The second kappa shape index (κ2) is 4.84. The molecule has 1 heterocycles. The third kappa shape index (κ3) is 2.95. The Balaban J connectivity index is 2.07. The third-order valence-corrected chi connectivity index (χ3v) is 3.65. The fraction of sp³-hybridized carbons (Fsp3) is 0.500. The van der Waals surface area contributed by atoms with Gasteiger partial charge < -0.3 is 10.4 Å². The van der Waals surface area contributed by atoms with E-state index in [0.29, 0.717) is 11.2 Å². The van der Waals surface area contributed by atoms with Crippen molar-refractivity contribution in [1.82, 2.24) is 4.98 Å². The van der Waals surface area contributed by atoms with Crippen molar-refractivity contribution >= 4 is 39.9 Å². The maximum Gasteiger partial charge on any atom is 0.131 e. The lowest BCUT2D eigenvalue weighted by Gasteiger charge is -2.14. The predicted octanol–water partition coefficient (Wildman–Crippen LogP) is 2.66. The van der Waals surface area contributed by atoms with E-state index in [0.717, 1.165) is 28.5 Å². The van der Waals surface area contributed by atoms with E-state index in [-0.39, 0.29) is 6.10 Å². The third-order valence-electron chi connectivity index (χ3n) is 2.59. The van der Waals surface area contributed by atoms with E-state index in [4.69, 9.17) is 11.6 Å². The molecule has 0 saturated heterocycles. The van der Waals surface area contributed by atoms with Crippen molar-refractivity contribution in [3.8, 4) is 0 Å². The highest BCUT2D eigenvalue weighted by atomic mass is 127. The van der Waals surface area contributed by atoms with Gasteiger partial charge in [-0.25, -0.2) is 4.98 Å². The molecule has 0 aliphatic heterocycles. The molecule has 2 N–H and O–H groups in total. The van der Waals surface area contributed by atoms with Gasteiger partial charge in [-0.05, 0) is 47.9 Å². The molecule has 2 atom stereocenters. The molecule has 0 radical (unpaired) electrons. The molecule has 1 fully saturated rings. The van der Waals surface area contributed by atoms with Gasteiger partial charge in [0.25, 0.3) is 0 Å². The van der Waals surface area contributed by atoms with Crippen LogP contribution in [0.2, 0.25) is 5.15 Å². The monoisotopic (exact) mass is 338 g/mol. The first kappa shape index (κ1) is 11.4. The number of rotatable bonds is 2. The van der Waals surface area contributed by atoms with Crippen molar-refractivity contribution in [2.75, 3.05) is 5.32 Å². The Labute approximate surface area is 107 Å². The van der Waals surface area contributed by atoms with Gasteiger partial charge in [-0.2, -0.15) is 0 Å². The van der Waals surface area contributed by atoms with Crippen molar-refractivity contribution in [2.45, 2.75) is 31.4 Å². The molecule has 1 aliphatic carbocycles. The van der Waals surface area contributed by atoms with E-state index in [2.05, 4.69) is 32.9 Å². The molecule has 82 valence electrons. The summed E-state index contributed by atoms with van der Waals surface area (Å²) in [4.78, 5) is 4.00. The van der Waals surface area contributed by atoms with Crippen LogP contribution in [0.4, 0.5) is 5.69 Å². The van der Waals surface area contributed by atoms with E-state index < -0.39 is 0 Å². The van der Waals surface area contributed by atoms with E-state index >= 15 is 0 Å². The van der Waals surface area contributed by atoms with Crippen LogP contribution in [0.3, 0.4) is 0 Å². The summed E-state index contributed by atoms with van der Waals surface area (Å²) in [6, 6.07) is 2.18. The minimum absolute atomic E-state index is 0.155. The van der Waals surface area contributed by atoms with Gasteiger partial charge in [0.1, 0.15) is 5.15 Å². The zero-order valence-electron chi connectivity index (χ0n) is 8.08. The molecule has 0 bridgehead atoms. The van der Waals surface area contributed by atoms with Crippen molar-refractivity contribution in [2.24, 2.45) is 0 Å². The van der Waals surface area contributed by atoms with Gasteiger partial charge in [0.15, 0.2) is 0 Å². The molecule has 2 rings (SSSR count). The highest BCUT2D eigenvalue weighted by Crippen LogP contribution is 2.26. The minimum Gasteiger partial charge on any atom is -0.393 e. The van der Waals surface area contributed by atoms with E-state index in [9.17, 15) is 5.11 Å². The molecule has 3 nitrogen and oxygen atoms in total. The molecule has 1 aromatic heterocycles. The Morgan fingerprint density at radius 1 is 1.53 bits per heavy atom. The van der Waals surface area contributed by atoms with Gasteiger partial charge in [-0.1, -0.05) is 11.6 Å². The lowest BCUT2D eigenvalue weighted by molar-refractivity contribution is 0.182. The van der Waals surface area contributed by atoms with E-state index in [1.165, 1.54) is 0 Å². The molecule has 1 aromatic rings. The molecule has 0 amide bonds. The standard InChI is InChI=1S/C10H12ClIN2O/c11-10-4-9(8(12)5-13-10)14-6-1-2-7(15)3-6/h4-7,15H,1-3H2,(H,13,14)/t6-,7+/m1/s1. The van der Waals surface area contributed by atoms with Crippen molar-refractivity contribution in [1.29, 1.82) is 0 Å². The van der Waals surface area contributed by atoms with Gasteiger partial charge in [-0.15, -0.1) is 0 Å². The zero-order valence-corrected chi connectivity index (χ0v) is 11.0. The second-order valence-electron chi connectivity index (χ2n) is 3.80. The molecular formula is C10H12ClIN2O. The Hall–Kier alpha value is -0.0700. The lowest BCUT2D eigenvalue weighted by atomic mass is 10.2. The maximum absolute atomic E-state index is 9.42. The molecule has 0 aromatic carbocycles. The fourth-order valence-electron chi connectivity index (χ4n) is 1.83. The molecule has 1 saturated carbocycles. The average molecular weight is 339 g/mol. The summed E-state index contributed by atoms with van der Waals surface area (Å²) in [5, 5.41) is 13.3. The summed E-state index contributed by atoms with van der Waals surface area (Å²) in [6.07, 6.45) is 4.30. The van der Waals surface area contributed by atoms with Crippen LogP contribution < -0.4 is 5.32 Å². The number of hydrogen-bond acceptors (Lipinski definition) is 3. The van der Waals surface area contributed by atoms with Crippen LogP contribution in [0.15, 0.2) is 12.3 Å². The number of aromatic nitrogens is 1. The van der Waals surface area contributed by atoms with Crippen molar-refractivity contribution in [3.63, 3.8) is 0 Å². The van der Waals surface area contributed by atoms with Crippen LogP contribution in [-0.4, -0.2) is 22.2 Å². The van der Waals surface area contributed by atoms with E-state index in [1.54, 1.807) is 6.20 Å². The summed E-state index contributed by atoms with van der Waals surface area (Å²) in [5.74, 6) is 0. The zero-order chi connectivity index (χ0) is 10.8. The Morgan fingerprint density at radius 3 is 3.00 bits per heavy atom. The SMILES string of the molecule is O[C@H]1CC[C@@H](Nc2cc(Cl)ncc2I)C1. The number of aliphatic hydroxyl groups is 1. The summed E-state index contributed by atoms with van der Waals surface area (Å²) in [6.45, 7) is 0. The van der Waals surface area contributed by atoms with Gasteiger partial charge in [0.05, 0.1) is 15.4 Å². The van der Waals surface area contributed by atoms with Crippen LogP contribution in [0.5, 0.6) is 0 Å². The van der Waals surface area contributed by atoms with Crippen LogP contribution in [0.25, 0.3) is 0 Å². The molecule has 0 unspecified atom stereocenters. The van der Waals surface area contributed by atoms with Crippen molar-refractivity contribution < 1.29 is 5.11 Å². The lowest BCUT2D eigenvalue weighted by Crippen LogP contribution is -2.17. The number of hydrogen-bond donors (Lipinski definition) is 2. The normalized spacial score (nSPS) is 25.5. The smallest absolute Gasteiger partial charge is 0.131 e. The Kier molecular flexibility index (Phi) is 3.69. The highest BCUT2D eigenvalue weighted by molar-refractivity contribution is 14.1. The summed E-state index contributed by atoms with van der Waals surface area (Å²) >= 11 is 8.05. The summed E-state index contributed by atoms with van der Waals surface area (Å²) in [7, 11) is 0. The van der Waals surface area contributed by atoms with Gasteiger partial charge in [0.2, 0.25) is 0 Å². The largest absolute Gasteiger partial charge is 0.393 e. The summed E-state index contributed by atoms with van der Waals surface area (Å²) in [5.41, 5.74) is 1.01. The number of pyridine rings is 1. The number of halogens is 2. The molecular weight excluding hydrogens is 326 g/mol. The Bertz CT molecular complexity index is 361. The number of anilines is 1. The number of aliphatic hydroxyl groups excluding tert-OH is 1. The summed E-state index contributed by atoms with van der Waals surface area (Å²) < 4.78 is 1.05. The topological polar surface area (TPSA) is 45.1 Å². The van der Waals surface area contributed by atoms with Crippen LogP contribution in [0, 0.1) is 3.57 Å². The van der Waals surface area contributed by atoms with Crippen molar-refractivity contribution in [3.05, 3.63) is 21.0 Å². The minimum atomic E-state index is -0.155. The maximum atomic E-state index is 9.42. The highest BCUT2D eigenvalue weighted by Gasteiger charge is 2.22. The fourth-order valence-corrected chi connectivity index (χ4v) is 2.44. The number of nitrogens with one attached hydrogen (secondary N) is 1. The first-order valence-corrected chi connectivity index (χ1v) is 6.36. The predicted molar refractivity (Wildman–Crippen MR) is 69.2 cm³/mol. The quantitative estimate of drug-likeness (QED) is 0.644. The van der Waals surface area contributed by atoms with Crippen LogP contribution in [0.1, 0.15) is 19.3 Å². The first-order chi connectivity index (χ1) is 7.15. The van der Waals surface area contributed by atoms with Gasteiger partial charge in [-0.3, -0.25) is 0 Å². The molecule has 1 aliphatic rings. The first-order valence-electron chi connectivity index (χ1n) is 4.91. The molecule has 5 heteroatoms. The van der Waals surface area contributed by atoms with Crippen LogP contribution in [-0.2, 0) is 0 Å². The average Bonchev–Trinajstić information content (AvgIpc) is 2.58. The number of nitrogens with zero attached hydrogens (tertiary/aromatic N) is 1. The molecule has 15 heavy (non-hydrogen) atoms. The van der Waals surface area contributed by atoms with Gasteiger partial charge in [0, 0.05) is 12.2 Å². The van der Waals surface area contributed by atoms with E-state index in [1.807, 2.05) is 6.07 Å². The second-order valence-corrected chi connectivity index (χ2v) is 5.34.